The number of rotatable bonds is 6. The summed E-state index contributed by atoms with van der Waals surface area (Å²) in [5.41, 5.74) is 0. The molecule has 4 heteroatoms. The van der Waals surface area contributed by atoms with E-state index in [9.17, 15) is 4.79 Å². The molecule has 0 aliphatic rings. The highest BCUT2D eigenvalue weighted by Gasteiger charge is 2.05. The molecule has 1 unspecified atom stereocenters. The van der Waals surface area contributed by atoms with Crippen molar-refractivity contribution < 1.29 is 4.79 Å². The number of nitrogens with one attached hydrogen (secondary N) is 1. The van der Waals surface area contributed by atoms with E-state index in [0.717, 1.165) is 18.6 Å². The van der Waals surface area contributed by atoms with Gasteiger partial charge in [-0.2, -0.15) is 12.6 Å². The van der Waals surface area contributed by atoms with Gasteiger partial charge in [0.05, 0.1) is 0 Å². The standard InChI is InChI=1S/C7H14INOS/c1-6(10)2-3-7(9-8)4-5-11/h7,9,11H,2-5H2,1H3. The van der Waals surface area contributed by atoms with E-state index >= 15 is 0 Å². The highest BCUT2D eigenvalue weighted by molar-refractivity contribution is 14.1. The second-order valence-electron chi connectivity index (χ2n) is 2.56. The van der Waals surface area contributed by atoms with Crippen LogP contribution < -0.4 is 3.53 Å². The van der Waals surface area contributed by atoms with Gasteiger partial charge in [-0.3, -0.25) is 3.53 Å². The summed E-state index contributed by atoms with van der Waals surface area (Å²) in [5.74, 6) is 1.14. The van der Waals surface area contributed by atoms with Crippen molar-refractivity contribution in [2.75, 3.05) is 5.75 Å². The Balaban J connectivity index is 3.43. The molecule has 0 aromatic rings. The Labute approximate surface area is 87.4 Å². The monoisotopic (exact) mass is 287 g/mol. The normalized spacial score (nSPS) is 13.0. The first-order chi connectivity index (χ1) is 5.20. The van der Waals surface area contributed by atoms with Crippen LogP contribution in [0.1, 0.15) is 26.2 Å². The lowest BCUT2D eigenvalue weighted by molar-refractivity contribution is -0.117. The maximum Gasteiger partial charge on any atom is 0.129 e. The fraction of sp³-hybridized carbons (Fsp3) is 0.857. The Morgan fingerprint density at radius 1 is 1.64 bits per heavy atom. The minimum Gasteiger partial charge on any atom is -0.300 e. The highest BCUT2D eigenvalue weighted by atomic mass is 127. The van der Waals surface area contributed by atoms with Gasteiger partial charge in [-0.25, -0.2) is 0 Å². The molecule has 0 aromatic heterocycles. The van der Waals surface area contributed by atoms with Crippen molar-refractivity contribution in [2.24, 2.45) is 0 Å². The Morgan fingerprint density at radius 3 is 2.64 bits per heavy atom. The number of hydrogen-bond donors (Lipinski definition) is 2. The number of thiol groups is 1. The molecule has 0 amide bonds. The van der Waals surface area contributed by atoms with Gasteiger partial charge < -0.3 is 4.79 Å². The molecule has 0 fully saturated rings. The molecule has 1 N–H and O–H groups in total. The molecule has 11 heavy (non-hydrogen) atoms. The van der Waals surface area contributed by atoms with E-state index in [-0.39, 0.29) is 5.78 Å². The summed E-state index contributed by atoms with van der Waals surface area (Å²) < 4.78 is 3.13. The fourth-order valence-electron chi connectivity index (χ4n) is 0.787. The van der Waals surface area contributed by atoms with Gasteiger partial charge in [0.2, 0.25) is 0 Å². The Bertz CT molecular complexity index is 121. The third-order valence-corrected chi connectivity index (χ3v) is 2.62. The predicted octanol–water partition coefficient (Wildman–Crippen LogP) is 1.98. The lowest BCUT2D eigenvalue weighted by atomic mass is 10.1. The summed E-state index contributed by atoms with van der Waals surface area (Å²) in [7, 11) is 0. The van der Waals surface area contributed by atoms with Crippen molar-refractivity contribution in [1.29, 1.82) is 0 Å². The van der Waals surface area contributed by atoms with Crippen LogP contribution in [0, 0.1) is 0 Å². The summed E-state index contributed by atoms with van der Waals surface area (Å²) in [6.45, 7) is 1.63. The molecule has 0 saturated heterocycles. The Kier molecular flexibility index (Phi) is 7.84. The minimum absolute atomic E-state index is 0.265. The molecule has 1 atom stereocenters. The molecule has 0 radical (unpaired) electrons. The van der Waals surface area contributed by atoms with Gasteiger partial charge in [-0.05, 0) is 25.5 Å². The van der Waals surface area contributed by atoms with Gasteiger partial charge in [-0.15, -0.1) is 0 Å². The lowest BCUT2D eigenvalue weighted by Gasteiger charge is -2.11. The van der Waals surface area contributed by atoms with E-state index in [1.165, 1.54) is 0 Å². The Morgan fingerprint density at radius 2 is 2.27 bits per heavy atom. The van der Waals surface area contributed by atoms with Gasteiger partial charge in [0.25, 0.3) is 0 Å². The molecule has 0 aliphatic carbocycles. The number of hydrogen-bond acceptors (Lipinski definition) is 3. The van der Waals surface area contributed by atoms with Crippen molar-refractivity contribution in [1.82, 2.24) is 3.53 Å². The Hall–Kier alpha value is 0.710. The van der Waals surface area contributed by atoms with E-state index in [1.54, 1.807) is 6.92 Å². The fourth-order valence-corrected chi connectivity index (χ4v) is 1.72. The van der Waals surface area contributed by atoms with Crippen molar-refractivity contribution in [2.45, 2.75) is 32.2 Å². The summed E-state index contributed by atoms with van der Waals surface area (Å²) in [5, 5.41) is 0. The van der Waals surface area contributed by atoms with Crippen molar-refractivity contribution in [3.8, 4) is 0 Å². The maximum absolute atomic E-state index is 10.6. The predicted molar refractivity (Wildman–Crippen MR) is 59.3 cm³/mol. The quantitative estimate of drug-likeness (QED) is 0.444. The molecular weight excluding hydrogens is 273 g/mol. The van der Waals surface area contributed by atoms with Gasteiger partial charge >= 0.3 is 0 Å². The largest absolute Gasteiger partial charge is 0.300 e. The van der Waals surface area contributed by atoms with E-state index < -0.39 is 0 Å². The SMILES string of the molecule is CC(=O)CCC(CCS)NI. The summed E-state index contributed by atoms with van der Waals surface area (Å²) in [4.78, 5) is 10.6. The topological polar surface area (TPSA) is 29.1 Å². The number of Topliss-reactive ketones (excluding diaryl/α,β-unsaturated/α-hetero) is 1. The molecule has 0 rings (SSSR count). The van der Waals surface area contributed by atoms with Crippen LogP contribution in [0.5, 0.6) is 0 Å². The van der Waals surface area contributed by atoms with Crippen LogP contribution in [-0.4, -0.2) is 17.6 Å². The number of halogens is 1. The molecule has 0 aromatic carbocycles. The molecule has 0 saturated carbocycles. The average Bonchev–Trinajstić information content (AvgIpc) is 1.97. The third kappa shape index (κ3) is 7.08. The highest BCUT2D eigenvalue weighted by Crippen LogP contribution is 2.05. The summed E-state index contributed by atoms with van der Waals surface area (Å²) in [6.07, 6.45) is 2.63. The van der Waals surface area contributed by atoms with Crippen molar-refractivity contribution in [3.05, 3.63) is 0 Å². The summed E-state index contributed by atoms with van der Waals surface area (Å²) in [6, 6.07) is 0.442. The van der Waals surface area contributed by atoms with E-state index in [0.29, 0.717) is 12.5 Å². The molecule has 2 nitrogen and oxygen atoms in total. The van der Waals surface area contributed by atoms with Crippen molar-refractivity contribution >= 4 is 41.3 Å². The van der Waals surface area contributed by atoms with Crippen LogP contribution in [0.3, 0.4) is 0 Å². The first-order valence-electron chi connectivity index (χ1n) is 3.67. The molecule has 66 valence electrons. The van der Waals surface area contributed by atoms with E-state index in [2.05, 4.69) is 39.0 Å². The molecule has 0 aliphatic heterocycles. The number of ketones is 1. The van der Waals surface area contributed by atoms with Gasteiger partial charge in [-0.1, -0.05) is 0 Å². The maximum atomic E-state index is 10.6. The second kappa shape index (κ2) is 7.36. The minimum atomic E-state index is 0.265. The zero-order chi connectivity index (χ0) is 8.69. The van der Waals surface area contributed by atoms with Crippen LogP contribution in [0.25, 0.3) is 0 Å². The lowest BCUT2D eigenvalue weighted by Crippen LogP contribution is -2.21. The molecule has 0 heterocycles. The zero-order valence-corrected chi connectivity index (χ0v) is 9.69. The first-order valence-corrected chi connectivity index (χ1v) is 5.38. The first kappa shape index (κ1) is 11.7. The molecular formula is C7H14INOS. The van der Waals surface area contributed by atoms with Gasteiger partial charge in [0.15, 0.2) is 0 Å². The van der Waals surface area contributed by atoms with Crippen molar-refractivity contribution in [3.63, 3.8) is 0 Å². The van der Waals surface area contributed by atoms with E-state index in [4.69, 9.17) is 0 Å². The second-order valence-corrected chi connectivity index (χ2v) is 3.63. The molecule has 0 bridgehead atoms. The number of carbonyl (C=O) groups is 1. The average molecular weight is 287 g/mol. The van der Waals surface area contributed by atoms with Crippen LogP contribution in [-0.2, 0) is 4.79 Å². The smallest absolute Gasteiger partial charge is 0.129 e. The van der Waals surface area contributed by atoms with Gasteiger partial charge in [0, 0.05) is 35.3 Å². The van der Waals surface area contributed by atoms with Gasteiger partial charge in [0.1, 0.15) is 5.78 Å². The molecule has 0 spiro atoms. The van der Waals surface area contributed by atoms with Crippen LogP contribution >= 0.6 is 35.5 Å². The number of carbonyl (C=O) groups excluding carboxylic acids is 1. The van der Waals surface area contributed by atoms with Crippen LogP contribution in [0.4, 0.5) is 0 Å². The van der Waals surface area contributed by atoms with Crippen LogP contribution in [0.2, 0.25) is 0 Å². The van der Waals surface area contributed by atoms with Crippen LogP contribution in [0.15, 0.2) is 0 Å². The third-order valence-electron chi connectivity index (χ3n) is 1.48. The summed E-state index contributed by atoms with van der Waals surface area (Å²) >= 11 is 6.25. The zero-order valence-electron chi connectivity index (χ0n) is 6.64. The van der Waals surface area contributed by atoms with E-state index in [1.807, 2.05) is 0 Å².